The molecule has 182 valence electrons. The molecule has 3 aromatic rings. The summed E-state index contributed by atoms with van der Waals surface area (Å²) in [5.74, 6) is -1.05. The van der Waals surface area contributed by atoms with E-state index in [1.54, 1.807) is 19.9 Å². The summed E-state index contributed by atoms with van der Waals surface area (Å²) >= 11 is 7.32. The van der Waals surface area contributed by atoms with Gasteiger partial charge in [0.2, 0.25) is 0 Å². The number of hydrogen-bond acceptors (Lipinski definition) is 5. The third-order valence-corrected chi connectivity index (χ3v) is 7.20. The molecule has 0 bridgehead atoms. The molecule has 0 fully saturated rings. The number of fused-ring (bicyclic) bond motifs is 1. The number of carbonyl (C=O) groups is 1. The van der Waals surface area contributed by atoms with Crippen molar-refractivity contribution in [2.24, 2.45) is 4.99 Å². The fourth-order valence-corrected chi connectivity index (χ4v) is 5.30. The van der Waals surface area contributed by atoms with Crippen LogP contribution < -0.4 is 14.9 Å². The van der Waals surface area contributed by atoms with Gasteiger partial charge in [0.05, 0.1) is 33.5 Å². The average Bonchev–Trinajstić information content (AvgIpc) is 3.09. The van der Waals surface area contributed by atoms with E-state index in [2.05, 4.69) is 25.8 Å². The molecular formula is C27H26ClFN2O3S. The normalized spacial score (nSPS) is 16.2. The molecule has 1 aliphatic rings. The summed E-state index contributed by atoms with van der Waals surface area (Å²) in [6.07, 6.45) is 1.44. The number of ether oxygens (including phenoxy) is 1. The SMILES string of the molecule is CCOC(=O)C1=C(C)N=c2s/c(=C/c3c(F)cccc3Cl)c(=O)n2[C@H]1c1ccc(C(C)(C)C)cc1. The Labute approximate surface area is 211 Å². The Morgan fingerprint density at radius 1 is 1.23 bits per heavy atom. The molecular weight excluding hydrogens is 487 g/mol. The van der Waals surface area contributed by atoms with Gasteiger partial charge in [0.15, 0.2) is 4.80 Å². The fourth-order valence-electron chi connectivity index (χ4n) is 4.05. The number of esters is 1. The van der Waals surface area contributed by atoms with E-state index in [4.69, 9.17) is 16.3 Å². The summed E-state index contributed by atoms with van der Waals surface area (Å²) in [5.41, 5.74) is 2.36. The Bertz CT molecular complexity index is 1490. The van der Waals surface area contributed by atoms with Gasteiger partial charge in [-0.1, -0.05) is 74.0 Å². The predicted octanol–water partition coefficient (Wildman–Crippen LogP) is 4.89. The van der Waals surface area contributed by atoms with Gasteiger partial charge in [-0.2, -0.15) is 0 Å². The van der Waals surface area contributed by atoms with Crippen LogP contribution in [-0.2, 0) is 14.9 Å². The first-order chi connectivity index (χ1) is 16.5. The Hall–Kier alpha value is -3.03. The molecule has 8 heteroatoms. The van der Waals surface area contributed by atoms with Gasteiger partial charge in [-0.15, -0.1) is 0 Å². The molecule has 1 aliphatic heterocycles. The van der Waals surface area contributed by atoms with Crippen LogP contribution in [0.25, 0.3) is 6.08 Å². The Morgan fingerprint density at radius 2 is 1.91 bits per heavy atom. The highest BCUT2D eigenvalue weighted by Gasteiger charge is 2.33. The van der Waals surface area contributed by atoms with Gasteiger partial charge in [-0.05, 0) is 48.6 Å². The van der Waals surface area contributed by atoms with Gasteiger partial charge in [0.1, 0.15) is 5.82 Å². The largest absolute Gasteiger partial charge is 0.463 e. The number of hydrogen-bond donors (Lipinski definition) is 0. The molecule has 35 heavy (non-hydrogen) atoms. The lowest BCUT2D eigenvalue weighted by atomic mass is 9.85. The summed E-state index contributed by atoms with van der Waals surface area (Å²) in [6, 6.07) is 11.5. The summed E-state index contributed by atoms with van der Waals surface area (Å²) in [6.45, 7) is 10.0. The molecule has 0 N–H and O–H groups in total. The van der Waals surface area contributed by atoms with Crippen molar-refractivity contribution >= 4 is 35.0 Å². The van der Waals surface area contributed by atoms with Crippen molar-refractivity contribution in [3.8, 4) is 0 Å². The maximum absolute atomic E-state index is 14.4. The Kier molecular flexibility index (Phi) is 6.84. The molecule has 1 aromatic heterocycles. The highest BCUT2D eigenvalue weighted by atomic mass is 35.5. The molecule has 2 heterocycles. The average molecular weight is 513 g/mol. The van der Waals surface area contributed by atoms with Crippen molar-refractivity contribution in [1.29, 1.82) is 0 Å². The molecule has 0 saturated heterocycles. The van der Waals surface area contributed by atoms with Crippen LogP contribution in [0.2, 0.25) is 5.02 Å². The molecule has 0 spiro atoms. The van der Waals surface area contributed by atoms with Gasteiger partial charge in [0, 0.05) is 5.56 Å². The second-order valence-corrected chi connectivity index (χ2v) is 10.7. The summed E-state index contributed by atoms with van der Waals surface area (Å²) < 4.78 is 21.5. The molecule has 0 radical (unpaired) electrons. The zero-order valence-electron chi connectivity index (χ0n) is 20.2. The predicted molar refractivity (Wildman–Crippen MR) is 137 cm³/mol. The van der Waals surface area contributed by atoms with E-state index in [1.807, 2.05) is 24.3 Å². The number of benzene rings is 2. The van der Waals surface area contributed by atoms with Crippen LogP contribution in [-0.4, -0.2) is 17.1 Å². The molecule has 1 atom stereocenters. The Balaban J connectivity index is 1.96. The second-order valence-electron chi connectivity index (χ2n) is 9.31. The molecule has 0 unspecified atom stereocenters. The summed E-state index contributed by atoms with van der Waals surface area (Å²) in [7, 11) is 0. The van der Waals surface area contributed by atoms with Gasteiger partial charge in [-0.25, -0.2) is 14.2 Å². The van der Waals surface area contributed by atoms with Crippen LogP contribution in [0.5, 0.6) is 0 Å². The smallest absolute Gasteiger partial charge is 0.338 e. The van der Waals surface area contributed by atoms with E-state index in [0.717, 1.165) is 22.5 Å². The number of thiazole rings is 1. The summed E-state index contributed by atoms with van der Waals surface area (Å²) in [5, 5.41) is 0.202. The van der Waals surface area contributed by atoms with Crippen LogP contribution >= 0.6 is 22.9 Å². The molecule has 0 aliphatic carbocycles. The van der Waals surface area contributed by atoms with Crippen molar-refractivity contribution in [2.45, 2.75) is 46.1 Å². The number of halogens is 2. The van der Waals surface area contributed by atoms with E-state index in [-0.39, 0.29) is 32.7 Å². The van der Waals surface area contributed by atoms with Gasteiger partial charge in [0.25, 0.3) is 5.56 Å². The minimum atomic E-state index is -0.724. The van der Waals surface area contributed by atoms with Crippen LogP contribution in [0.1, 0.15) is 57.4 Å². The lowest BCUT2D eigenvalue weighted by molar-refractivity contribution is -0.139. The van der Waals surface area contributed by atoms with Crippen molar-refractivity contribution in [3.05, 3.63) is 101 Å². The first-order valence-electron chi connectivity index (χ1n) is 11.3. The molecule has 0 saturated carbocycles. The summed E-state index contributed by atoms with van der Waals surface area (Å²) in [4.78, 5) is 31.6. The van der Waals surface area contributed by atoms with Crippen LogP contribution in [0.4, 0.5) is 4.39 Å². The lowest BCUT2D eigenvalue weighted by Crippen LogP contribution is -2.40. The maximum Gasteiger partial charge on any atom is 0.338 e. The number of carbonyl (C=O) groups excluding carboxylic acids is 1. The van der Waals surface area contributed by atoms with E-state index in [9.17, 15) is 14.0 Å². The maximum atomic E-state index is 14.4. The number of allylic oxidation sites excluding steroid dienone is 1. The second kappa shape index (κ2) is 9.55. The number of nitrogens with zero attached hydrogens (tertiary/aromatic N) is 2. The van der Waals surface area contributed by atoms with Crippen LogP contribution in [0, 0.1) is 5.82 Å². The monoisotopic (exact) mass is 512 g/mol. The highest BCUT2D eigenvalue weighted by Crippen LogP contribution is 2.32. The highest BCUT2D eigenvalue weighted by molar-refractivity contribution is 7.07. The van der Waals surface area contributed by atoms with Gasteiger partial charge >= 0.3 is 5.97 Å². The van der Waals surface area contributed by atoms with Crippen molar-refractivity contribution in [2.75, 3.05) is 6.61 Å². The number of aromatic nitrogens is 1. The van der Waals surface area contributed by atoms with E-state index in [1.165, 1.54) is 22.8 Å². The fraction of sp³-hybridized carbons (Fsp3) is 0.296. The lowest BCUT2D eigenvalue weighted by Gasteiger charge is -2.26. The third-order valence-electron chi connectivity index (χ3n) is 5.88. The van der Waals surface area contributed by atoms with Crippen LogP contribution in [0.3, 0.4) is 0 Å². The van der Waals surface area contributed by atoms with E-state index >= 15 is 0 Å². The first-order valence-corrected chi connectivity index (χ1v) is 12.5. The Morgan fingerprint density at radius 3 is 2.51 bits per heavy atom. The standard InChI is InChI=1S/C27H26ClFN2O3S/c1-6-34-25(33)22-15(2)30-26-31(23(22)16-10-12-17(13-11-16)27(3,4)5)24(32)21(35-26)14-18-19(28)8-7-9-20(18)29/h7-14,23H,6H2,1-5H3/b21-14+/t23-/m0/s1. The van der Waals surface area contributed by atoms with E-state index in [0.29, 0.717) is 16.1 Å². The molecule has 5 nitrogen and oxygen atoms in total. The van der Waals surface area contributed by atoms with Crippen LogP contribution in [0.15, 0.2) is 63.5 Å². The topological polar surface area (TPSA) is 60.7 Å². The van der Waals surface area contributed by atoms with Crippen molar-refractivity contribution in [3.63, 3.8) is 0 Å². The third kappa shape index (κ3) is 4.75. The van der Waals surface area contributed by atoms with Crippen molar-refractivity contribution < 1.29 is 13.9 Å². The zero-order valence-corrected chi connectivity index (χ0v) is 21.8. The molecule has 4 rings (SSSR count). The number of rotatable bonds is 4. The molecule has 2 aromatic carbocycles. The quantitative estimate of drug-likeness (QED) is 0.468. The minimum absolute atomic E-state index is 0.0539. The van der Waals surface area contributed by atoms with Gasteiger partial charge < -0.3 is 4.74 Å². The van der Waals surface area contributed by atoms with E-state index < -0.39 is 17.8 Å². The molecule has 0 amide bonds. The van der Waals surface area contributed by atoms with Gasteiger partial charge in [-0.3, -0.25) is 9.36 Å². The first kappa shape index (κ1) is 25.1. The minimum Gasteiger partial charge on any atom is -0.463 e. The van der Waals surface area contributed by atoms with Crippen molar-refractivity contribution in [1.82, 2.24) is 4.57 Å². The zero-order chi connectivity index (χ0) is 25.5.